The van der Waals surface area contributed by atoms with Crippen LogP contribution in [0.3, 0.4) is 0 Å². The Labute approximate surface area is 152 Å². The summed E-state index contributed by atoms with van der Waals surface area (Å²) in [5.41, 5.74) is 8.91. The highest BCUT2D eigenvalue weighted by molar-refractivity contribution is 5.67. The van der Waals surface area contributed by atoms with Gasteiger partial charge in [0, 0.05) is 25.8 Å². The van der Waals surface area contributed by atoms with Crippen LogP contribution in [0.5, 0.6) is 0 Å². The molecule has 1 fully saturated rings. The van der Waals surface area contributed by atoms with Crippen LogP contribution in [0.4, 0.5) is 10.5 Å². The van der Waals surface area contributed by atoms with Crippen LogP contribution in [-0.4, -0.2) is 54.7 Å². The van der Waals surface area contributed by atoms with E-state index in [4.69, 9.17) is 10.5 Å². The van der Waals surface area contributed by atoms with Crippen molar-refractivity contribution in [2.75, 3.05) is 39.0 Å². The second-order valence-electron chi connectivity index (χ2n) is 8.13. The molecule has 25 heavy (non-hydrogen) atoms. The number of anilines is 1. The van der Waals surface area contributed by atoms with Crippen LogP contribution in [0.2, 0.25) is 0 Å². The number of likely N-dealkylation sites (tertiary alicyclic amines) is 1. The van der Waals surface area contributed by atoms with Gasteiger partial charge in [0.1, 0.15) is 5.60 Å². The molecule has 1 saturated heterocycles. The van der Waals surface area contributed by atoms with E-state index in [1.165, 1.54) is 11.1 Å². The third-order valence-corrected chi connectivity index (χ3v) is 4.81. The number of amides is 1. The average Bonchev–Trinajstić information content (AvgIpc) is 2.54. The lowest BCUT2D eigenvalue weighted by Crippen LogP contribution is -2.41. The van der Waals surface area contributed by atoms with E-state index in [-0.39, 0.29) is 6.09 Å². The van der Waals surface area contributed by atoms with Gasteiger partial charge in [-0.2, -0.15) is 0 Å². The first-order chi connectivity index (χ1) is 11.7. The number of carbonyl (C=O) groups excluding carboxylic acids is 1. The molecule has 0 aliphatic carbocycles. The lowest BCUT2D eigenvalue weighted by Gasteiger charge is -2.33. The first-order valence-electron chi connectivity index (χ1n) is 9.18. The van der Waals surface area contributed by atoms with Crippen molar-refractivity contribution in [3.63, 3.8) is 0 Å². The largest absolute Gasteiger partial charge is 0.444 e. The highest BCUT2D eigenvalue weighted by Crippen LogP contribution is 2.29. The van der Waals surface area contributed by atoms with Gasteiger partial charge < -0.3 is 20.3 Å². The zero-order valence-corrected chi connectivity index (χ0v) is 16.3. The van der Waals surface area contributed by atoms with Crippen LogP contribution in [0, 0.1) is 6.92 Å². The Morgan fingerprint density at radius 1 is 1.32 bits per heavy atom. The van der Waals surface area contributed by atoms with Gasteiger partial charge in [0.2, 0.25) is 0 Å². The van der Waals surface area contributed by atoms with Gasteiger partial charge in [-0.25, -0.2) is 4.79 Å². The second-order valence-corrected chi connectivity index (χ2v) is 8.13. The minimum atomic E-state index is -0.444. The summed E-state index contributed by atoms with van der Waals surface area (Å²) in [7, 11) is 1.80. The smallest absolute Gasteiger partial charge is 0.410 e. The molecule has 1 amide bonds. The van der Waals surface area contributed by atoms with Crippen molar-refractivity contribution in [2.45, 2.75) is 52.1 Å². The molecule has 2 rings (SSSR count). The SMILES string of the molecule is Cc1cc(C2CCN(CCN(C)C(=O)OC(C)(C)C)CC2)ccc1N. The van der Waals surface area contributed by atoms with Gasteiger partial charge in [0.15, 0.2) is 0 Å². The number of hydrogen-bond acceptors (Lipinski definition) is 4. The Kier molecular flexibility index (Phi) is 6.33. The number of ether oxygens (including phenoxy) is 1. The van der Waals surface area contributed by atoms with Crippen molar-refractivity contribution < 1.29 is 9.53 Å². The van der Waals surface area contributed by atoms with Crippen LogP contribution in [0.25, 0.3) is 0 Å². The Balaban J connectivity index is 1.77. The molecule has 1 aliphatic heterocycles. The van der Waals surface area contributed by atoms with Gasteiger partial charge in [-0.3, -0.25) is 0 Å². The maximum Gasteiger partial charge on any atom is 0.410 e. The molecule has 2 N–H and O–H groups in total. The van der Waals surface area contributed by atoms with Crippen LogP contribution in [-0.2, 0) is 4.74 Å². The van der Waals surface area contributed by atoms with Crippen molar-refractivity contribution in [2.24, 2.45) is 0 Å². The molecule has 140 valence electrons. The molecule has 1 aromatic carbocycles. The lowest BCUT2D eigenvalue weighted by molar-refractivity contribution is 0.0278. The fraction of sp³-hybridized carbons (Fsp3) is 0.650. The first-order valence-corrected chi connectivity index (χ1v) is 9.18. The zero-order chi connectivity index (χ0) is 18.6. The zero-order valence-electron chi connectivity index (χ0n) is 16.3. The minimum Gasteiger partial charge on any atom is -0.444 e. The van der Waals surface area contributed by atoms with E-state index in [0.717, 1.165) is 38.2 Å². The van der Waals surface area contributed by atoms with E-state index in [0.29, 0.717) is 12.5 Å². The average molecular weight is 348 g/mol. The minimum absolute atomic E-state index is 0.250. The van der Waals surface area contributed by atoms with Crippen LogP contribution in [0.1, 0.15) is 50.7 Å². The standard InChI is InChI=1S/C20H33N3O2/c1-15-14-17(6-7-18(15)21)16-8-10-23(11-9-16)13-12-22(5)19(24)25-20(2,3)4/h6-7,14,16H,8-13,21H2,1-5H3. The third-order valence-electron chi connectivity index (χ3n) is 4.81. The van der Waals surface area contributed by atoms with Gasteiger partial charge in [0.25, 0.3) is 0 Å². The van der Waals surface area contributed by atoms with E-state index < -0.39 is 5.60 Å². The molecule has 5 nitrogen and oxygen atoms in total. The topological polar surface area (TPSA) is 58.8 Å². The number of piperidine rings is 1. The Hall–Kier alpha value is -1.75. The molecule has 1 heterocycles. The van der Waals surface area contributed by atoms with Crippen molar-refractivity contribution in [1.29, 1.82) is 0 Å². The van der Waals surface area contributed by atoms with Gasteiger partial charge >= 0.3 is 6.09 Å². The fourth-order valence-electron chi connectivity index (χ4n) is 3.17. The molecule has 0 aromatic heterocycles. The van der Waals surface area contributed by atoms with Crippen LogP contribution < -0.4 is 5.73 Å². The van der Waals surface area contributed by atoms with Crippen molar-refractivity contribution in [3.8, 4) is 0 Å². The molecular formula is C20H33N3O2. The first kappa shape index (κ1) is 19.6. The van der Waals surface area contributed by atoms with Crippen LogP contribution >= 0.6 is 0 Å². The molecule has 1 aliphatic rings. The summed E-state index contributed by atoms with van der Waals surface area (Å²) in [6, 6.07) is 6.41. The fourth-order valence-corrected chi connectivity index (χ4v) is 3.17. The monoisotopic (exact) mass is 347 g/mol. The number of likely N-dealkylation sites (N-methyl/N-ethyl adjacent to an activating group) is 1. The summed E-state index contributed by atoms with van der Waals surface area (Å²) in [5, 5.41) is 0. The summed E-state index contributed by atoms with van der Waals surface area (Å²) >= 11 is 0. The number of aryl methyl sites for hydroxylation is 1. The predicted molar refractivity (Wildman–Crippen MR) is 103 cm³/mol. The van der Waals surface area contributed by atoms with Gasteiger partial charge in [-0.1, -0.05) is 12.1 Å². The third kappa shape index (κ3) is 5.92. The molecule has 5 heteroatoms. The molecule has 0 unspecified atom stereocenters. The molecule has 0 radical (unpaired) electrons. The molecular weight excluding hydrogens is 314 g/mol. The maximum atomic E-state index is 12.0. The Bertz CT molecular complexity index is 587. The lowest BCUT2D eigenvalue weighted by atomic mass is 9.88. The number of nitrogens with zero attached hydrogens (tertiary/aromatic N) is 2. The van der Waals surface area contributed by atoms with E-state index in [1.54, 1.807) is 11.9 Å². The predicted octanol–water partition coefficient (Wildman–Crippen LogP) is 3.62. The number of nitrogens with two attached hydrogens (primary N) is 1. The molecule has 0 saturated carbocycles. The Morgan fingerprint density at radius 3 is 2.52 bits per heavy atom. The summed E-state index contributed by atoms with van der Waals surface area (Å²) < 4.78 is 5.39. The van der Waals surface area contributed by atoms with E-state index in [1.807, 2.05) is 26.8 Å². The van der Waals surface area contributed by atoms with Crippen molar-refractivity contribution in [3.05, 3.63) is 29.3 Å². The molecule has 0 atom stereocenters. The van der Waals surface area contributed by atoms with Gasteiger partial charge in [0.05, 0.1) is 0 Å². The van der Waals surface area contributed by atoms with Crippen molar-refractivity contribution >= 4 is 11.8 Å². The number of carbonyl (C=O) groups is 1. The highest BCUT2D eigenvalue weighted by Gasteiger charge is 2.23. The molecule has 0 bridgehead atoms. The quantitative estimate of drug-likeness (QED) is 0.845. The van der Waals surface area contributed by atoms with Crippen LogP contribution in [0.15, 0.2) is 18.2 Å². The normalized spacial score (nSPS) is 16.7. The van der Waals surface area contributed by atoms with Crippen molar-refractivity contribution in [1.82, 2.24) is 9.80 Å². The summed E-state index contributed by atoms with van der Waals surface area (Å²) in [5.74, 6) is 0.610. The summed E-state index contributed by atoms with van der Waals surface area (Å²) in [6.07, 6.45) is 2.05. The number of rotatable bonds is 4. The van der Waals surface area contributed by atoms with Gasteiger partial charge in [-0.05, 0) is 76.7 Å². The van der Waals surface area contributed by atoms with Gasteiger partial charge in [-0.15, -0.1) is 0 Å². The summed E-state index contributed by atoms with van der Waals surface area (Å²) in [4.78, 5) is 16.1. The Morgan fingerprint density at radius 2 is 1.96 bits per heavy atom. The second kappa shape index (κ2) is 8.09. The number of nitrogen functional groups attached to an aromatic ring is 1. The van der Waals surface area contributed by atoms with E-state index >= 15 is 0 Å². The maximum absolute atomic E-state index is 12.0. The number of benzene rings is 1. The van der Waals surface area contributed by atoms with E-state index in [2.05, 4.69) is 24.0 Å². The van der Waals surface area contributed by atoms with E-state index in [9.17, 15) is 4.79 Å². The highest BCUT2D eigenvalue weighted by atomic mass is 16.6. The molecule has 1 aromatic rings. The summed E-state index contributed by atoms with van der Waals surface area (Å²) in [6.45, 7) is 11.5. The molecule has 0 spiro atoms. The number of hydrogen-bond donors (Lipinski definition) is 1.